The van der Waals surface area contributed by atoms with Crippen LogP contribution in [0.25, 0.3) is 10.9 Å². The van der Waals surface area contributed by atoms with Crippen LogP contribution in [0.4, 0.5) is 0 Å². The number of carbonyl (C=O) groups is 1. The lowest BCUT2D eigenvalue weighted by atomic mass is 10.1. The van der Waals surface area contributed by atoms with Crippen molar-refractivity contribution in [2.45, 2.75) is 20.5 Å². The van der Waals surface area contributed by atoms with Crippen molar-refractivity contribution in [3.8, 4) is 5.75 Å². The average Bonchev–Trinajstić information content (AvgIpc) is 2.70. The Balaban J connectivity index is 2.70. The summed E-state index contributed by atoms with van der Waals surface area (Å²) in [7, 11) is 1.86. The predicted molar refractivity (Wildman–Crippen MR) is 83.6 cm³/mol. The van der Waals surface area contributed by atoms with Crippen LogP contribution in [0, 0.1) is 0 Å². The van der Waals surface area contributed by atoms with E-state index >= 15 is 0 Å². The van der Waals surface area contributed by atoms with Crippen LogP contribution in [-0.2, 0) is 23.1 Å². The minimum absolute atomic E-state index is 0.0848. The predicted octanol–water partition coefficient (Wildman–Crippen LogP) is 3.36. The average molecular weight is 356 g/mol. The molecule has 1 aromatic carbocycles. The summed E-state index contributed by atoms with van der Waals surface area (Å²) in [6.07, 6.45) is 0. The molecule has 6 heteroatoms. The number of hydrogen-bond donors (Lipinski definition) is 1. The quantitative estimate of drug-likeness (QED) is 0.835. The second kappa shape index (κ2) is 6.49. The second-order valence-corrected chi connectivity index (χ2v) is 5.41. The van der Waals surface area contributed by atoms with Crippen molar-refractivity contribution >= 4 is 32.8 Å². The Labute approximate surface area is 131 Å². The highest BCUT2D eigenvalue weighted by molar-refractivity contribution is 9.10. The van der Waals surface area contributed by atoms with E-state index in [0.717, 1.165) is 11.2 Å². The molecule has 0 atom stereocenters. The van der Waals surface area contributed by atoms with Gasteiger partial charge in [0.25, 0.3) is 0 Å². The fourth-order valence-electron chi connectivity index (χ4n) is 2.30. The number of ether oxygens (including phenoxy) is 2. The summed E-state index contributed by atoms with van der Waals surface area (Å²) in [5.41, 5.74) is 2.02. The topological polar surface area (TPSA) is 60.7 Å². The maximum atomic E-state index is 12.3. The Bertz CT molecular complexity index is 678. The molecular weight excluding hydrogens is 338 g/mol. The normalized spacial score (nSPS) is 11.0. The molecule has 0 aliphatic carbocycles. The van der Waals surface area contributed by atoms with E-state index in [1.54, 1.807) is 19.1 Å². The number of aryl methyl sites for hydroxylation is 1. The van der Waals surface area contributed by atoms with Gasteiger partial charge in [0, 0.05) is 19.0 Å². The molecule has 2 rings (SSSR count). The van der Waals surface area contributed by atoms with Gasteiger partial charge in [-0.1, -0.05) is 0 Å². The van der Waals surface area contributed by atoms with Gasteiger partial charge in [-0.05, 0) is 41.9 Å². The smallest absolute Gasteiger partial charge is 0.340 e. The lowest BCUT2D eigenvalue weighted by Crippen LogP contribution is -2.10. The first-order valence-electron chi connectivity index (χ1n) is 6.75. The highest BCUT2D eigenvalue weighted by atomic mass is 79.9. The molecule has 21 heavy (non-hydrogen) atoms. The number of carbonyl (C=O) groups excluding carboxylic acids is 1. The zero-order chi connectivity index (χ0) is 15.6. The lowest BCUT2D eigenvalue weighted by molar-refractivity contribution is 0.0520. The number of aromatic nitrogens is 1. The lowest BCUT2D eigenvalue weighted by Gasteiger charge is -2.07. The Kier molecular flexibility index (Phi) is 4.90. The van der Waals surface area contributed by atoms with E-state index in [2.05, 4.69) is 15.9 Å². The summed E-state index contributed by atoms with van der Waals surface area (Å²) in [6.45, 7) is 4.83. The highest BCUT2D eigenvalue weighted by Crippen LogP contribution is 2.34. The van der Waals surface area contributed by atoms with E-state index in [1.165, 1.54) is 0 Å². The van der Waals surface area contributed by atoms with E-state index in [1.807, 2.05) is 18.5 Å². The van der Waals surface area contributed by atoms with Gasteiger partial charge in [0.2, 0.25) is 0 Å². The van der Waals surface area contributed by atoms with Crippen molar-refractivity contribution < 1.29 is 19.4 Å². The largest absolute Gasteiger partial charge is 0.507 e. The number of rotatable bonds is 5. The fourth-order valence-corrected chi connectivity index (χ4v) is 2.63. The molecule has 0 saturated heterocycles. The molecule has 1 heterocycles. The molecule has 5 nitrogen and oxygen atoms in total. The van der Waals surface area contributed by atoms with Crippen LogP contribution in [0.2, 0.25) is 0 Å². The van der Waals surface area contributed by atoms with E-state index in [9.17, 15) is 9.90 Å². The summed E-state index contributed by atoms with van der Waals surface area (Å²) in [4.78, 5) is 12.3. The number of phenols is 1. The van der Waals surface area contributed by atoms with Crippen LogP contribution in [0.5, 0.6) is 5.75 Å². The van der Waals surface area contributed by atoms with E-state index in [0.29, 0.717) is 35.2 Å². The second-order valence-electron chi connectivity index (χ2n) is 4.56. The van der Waals surface area contributed by atoms with Crippen molar-refractivity contribution in [2.24, 2.45) is 7.05 Å². The van der Waals surface area contributed by atoms with Gasteiger partial charge in [0.1, 0.15) is 5.75 Å². The van der Waals surface area contributed by atoms with Crippen molar-refractivity contribution in [1.29, 1.82) is 0 Å². The summed E-state index contributed by atoms with van der Waals surface area (Å²) in [6, 6.07) is 3.35. The zero-order valence-corrected chi connectivity index (χ0v) is 13.9. The maximum Gasteiger partial charge on any atom is 0.340 e. The van der Waals surface area contributed by atoms with Crippen LogP contribution in [0.15, 0.2) is 16.6 Å². The van der Waals surface area contributed by atoms with Crippen LogP contribution in [0.1, 0.15) is 29.9 Å². The number of hydrogen-bond acceptors (Lipinski definition) is 4. The van der Waals surface area contributed by atoms with E-state index in [4.69, 9.17) is 9.47 Å². The third-order valence-electron chi connectivity index (χ3n) is 3.31. The molecule has 2 aromatic rings. The molecular formula is C15H18BrNO4. The van der Waals surface area contributed by atoms with Crippen LogP contribution < -0.4 is 0 Å². The number of nitrogens with zero attached hydrogens (tertiary/aromatic N) is 1. The molecule has 0 amide bonds. The highest BCUT2D eigenvalue weighted by Gasteiger charge is 2.23. The molecule has 0 radical (unpaired) electrons. The number of phenolic OH excluding ortho intramolecular Hbond substituents is 1. The summed E-state index contributed by atoms with van der Waals surface area (Å²) in [5, 5.41) is 10.5. The summed E-state index contributed by atoms with van der Waals surface area (Å²) >= 11 is 3.29. The molecule has 114 valence electrons. The molecule has 0 fully saturated rings. The Morgan fingerprint density at radius 3 is 2.67 bits per heavy atom. The standard InChI is InChI=1S/C15H18BrNO4/c1-4-20-8-12-14(15(19)21-5-2)9-6-13(18)10(16)7-11(9)17(12)3/h6-7,18H,4-5,8H2,1-3H3. The Morgan fingerprint density at radius 1 is 1.33 bits per heavy atom. The third-order valence-corrected chi connectivity index (χ3v) is 3.95. The molecule has 0 spiro atoms. The number of esters is 1. The van der Waals surface area contributed by atoms with E-state index in [-0.39, 0.29) is 5.75 Å². The van der Waals surface area contributed by atoms with Gasteiger partial charge >= 0.3 is 5.97 Å². The van der Waals surface area contributed by atoms with Gasteiger partial charge in [-0.3, -0.25) is 0 Å². The van der Waals surface area contributed by atoms with Crippen molar-refractivity contribution in [3.05, 3.63) is 27.9 Å². The molecule has 0 bridgehead atoms. The number of halogens is 1. The van der Waals surface area contributed by atoms with Gasteiger partial charge in [-0.15, -0.1) is 0 Å². The maximum absolute atomic E-state index is 12.3. The van der Waals surface area contributed by atoms with Gasteiger partial charge in [-0.25, -0.2) is 4.79 Å². The SMILES string of the molecule is CCOCc1c(C(=O)OCC)c2cc(O)c(Br)cc2n1C. The van der Waals surface area contributed by atoms with Gasteiger partial charge < -0.3 is 19.1 Å². The minimum Gasteiger partial charge on any atom is -0.507 e. The molecule has 1 aromatic heterocycles. The first-order valence-corrected chi connectivity index (χ1v) is 7.55. The third kappa shape index (κ3) is 2.91. The monoisotopic (exact) mass is 355 g/mol. The summed E-state index contributed by atoms with van der Waals surface area (Å²) in [5.74, 6) is -0.318. The fraction of sp³-hybridized carbons (Fsp3) is 0.400. The van der Waals surface area contributed by atoms with Crippen molar-refractivity contribution in [1.82, 2.24) is 4.57 Å². The molecule has 1 N–H and O–H groups in total. The van der Waals surface area contributed by atoms with Crippen molar-refractivity contribution in [3.63, 3.8) is 0 Å². The molecule has 0 unspecified atom stereocenters. The minimum atomic E-state index is -0.403. The molecule has 0 saturated carbocycles. The Morgan fingerprint density at radius 2 is 2.05 bits per heavy atom. The Hall–Kier alpha value is -1.53. The molecule has 0 aliphatic rings. The first-order chi connectivity index (χ1) is 10.0. The van der Waals surface area contributed by atoms with Crippen LogP contribution >= 0.6 is 15.9 Å². The van der Waals surface area contributed by atoms with Crippen LogP contribution in [-0.4, -0.2) is 28.9 Å². The number of benzene rings is 1. The van der Waals surface area contributed by atoms with Gasteiger partial charge in [0.05, 0.1) is 34.5 Å². The number of fused-ring (bicyclic) bond motifs is 1. The van der Waals surface area contributed by atoms with Gasteiger partial charge in [0.15, 0.2) is 0 Å². The first kappa shape index (κ1) is 15.9. The van der Waals surface area contributed by atoms with Gasteiger partial charge in [-0.2, -0.15) is 0 Å². The zero-order valence-electron chi connectivity index (χ0n) is 12.3. The van der Waals surface area contributed by atoms with E-state index < -0.39 is 5.97 Å². The summed E-state index contributed by atoms with van der Waals surface area (Å²) < 4.78 is 13.1. The molecule has 0 aliphatic heterocycles. The van der Waals surface area contributed by atoms with Crippen molar-refractivity contribution in [2.75, 3.05) is 13.2 Å². The van der Waals surface area contributed by atoms with Crippen LogP contribution in [0.3, 0.4) is 0 Å². The number of aromatic hydroxyl groups is 1.